The van der Waals surface area contributed by atoms with Crippen molar-refractivity contribution in [1.29, 1.82) is 0 Å². The fourth-order valence-corrected chi connectivity index (χ4v) is 10.6. The molecule has 68 heavy (non-hydrogen) atoms. The largest absolute Gasteiger partial charge is 0.480 e. The Bertz CT molecular complexity index is 2290. The van der Waals surface area contributed by atoms with Crippen molar-refractivity contribution in [2.24, 2.45) is 16.7 Å². The summed E-state index contributed by atoms with van der Waals surface area (Å²) in [5, 5.41) is 25.6. The molecule has 3 fully saturated rings. The Hall–Kier alpha value is -5.73. The standard InChI is InChI=1S/C49H61NO18/c1-26-30(64-43(57)38(65-34(54)24-62-23-33(52)53)36(28-17-13-11-14-18-28)50-44(58)68-45(3,4)5)22-49(59)41(66-42(56)29-19-15-12-16-20-29)39-47(8,40(55)37(61-10)35(26)46(49,6)7)31(60-9)21-32-48(39,25-63-32)67-27(2)51/h11-20,30-32,36-39,41,59H,21-25H2,1-10H3,(H,50,58)(H,52,53)/t30-,31-,32+,36-,37+,38+,39-,41-,47+,48-,49+/m0/s1. The number of ether oxygens (including phenoxy) is 9. The van der Waals surface area contributed by atoms with E-state index in [0.29, 0.717) is 0 Å². The molecule has 19 heteroatoms. The average Bonchev–Trinajstić information content (AvgIpc) is 3.26. The molecule has 11 atom stereocenters. The minimum atomic E-state index is -2.34. The predicted octanol–water partition coefficient (Wildman–Crippen LogP) is 4.22. The summed E-state index contributed by atoms with van der Waals surface area (Å²) in [7, 11) is 2.71. The van der Waals surface area contributed by atoms with Crippen LogP contribution in [-0.4, -0.2) is 139 Å². The number of benzene rings is 2. The third-order valence-electron chi connectivity index (χ3n) is 13.7. The Morgan fingerprint density at radius 1 is 0.912 bits per heavy atom. The van der Waals surface area contributed by atoms with Gasteiger partial charge in [0.2, 0.25) is 6.10 Å². The number of hydrogen-bond acceptors (Lipinski definition) is 17. The summed E-state index contributed by atoms with van der Waals surface area (Å²) >= 11 is 0. The zero-order valence-corrected chi connectivity index (χ0v) is 39.9. The van der Waals surface area contributed by atoms with Crippen LogP contribution in [0.25, 0.3) is 0 Å². The Morgan fingerprint density at radius 2 is 1.54 bits per heavy atom. The number of esters is 4. The number of fused-ring (bicyclic) bond motifs is 5. The van der Waals surface area contributed by atoms with Gasteiger partial charge in [-0.15, -0.1) is 0 Å². The van der Waals surface area contributed by atoms with Crippen molar-refractivity contribution in [1.82, 2.24) is 5.32 Å². The number of methoxy groups -OCH3 is 2. The number of rotatable bonds is 15. The summed E-state index contributed by atoms with van der Waals surface area (Å²) in [6, 6.07) is 14.4. The molecule has 1 saturated heterocycles. The van der Waals surface area contributed by atoms with Gasteiger partial charge in [-0.1, -0.05) is 62.4 Å². The van der Waals surface area contributed by atoms with Crippen molar-refractivity contribution in [3.63, 3.8) is 0 Å². The summed E-state index contributed by atoms with van der Waals surface area (Å²) in [6.45, 7) is 10.4. The zero-order valence-electron chi connectivity index (χ0n) is 39.9. The number of nitrogens with one attached hydrogen (secondary N) is 1. The third kappa shape index (κ3) is 9.63. The first-order chi connectivity index (χ1) is 31.9. The predicted molar refractivity (Wildman–Crippen MR) is 236 cm³/mol. The van der Waals surface area contributed by atoms with Gasteiger partial charge in [-0.05, 0) is 63.5 Å². The minimum absolute atomic E-state index is 0.0692. The van der Waals surface area contributed by atoms with Crippen molar-refractivity contribution in [3.05, 3.63) is 82.9 Å². The molecule has 6 rings (SSSR count). The van der Waals surface area contributed by atoms with E-state index in [0.717, 1.165) is 0 Å². The number of carbonyl (C=O) groups is 7. The first kappa shape index (κ1) is 51.7. The minimum Gasteiger partial charge on any atom is -0.480 e. The van der Waals surface area contributed by atoms with Crippen LogP contribution in [-0.2, 0) is 66.6 Å². The molecule has 4 aliphatic rings. The number of alkyl carbamates (subject to hydrolysis) is 1. The van der Waals surface area contributed by atoms with Gasteiger partial charge in [0.25, 0.3) is 0 Å². The van der Waals surface area contributed by atoms with E-state index in [1.165, 1.54) is 33.3 Å². The lowest BCUT2D eigenvalue weighted by Gasteiger charge is -2.67. The number of aliphatic hydroxyl groups is 1. The van der Waals surface area contributed by atoms with E-state index in [4.69, 9.17) is 47.7 Å². The fraction of sp³-hybridized carbons (Fsp3) is 0.571. The Kier molecular flexibility index (Phi) is 15.0. The molecule has 0 radical (unpaired) electrons. The number of carboxylic acid groups (broad SMARTS) is 1. The fourth-order valence-electron chi connectivity index (χ4n) is 10.6. The first-order valence-corrected chi connectivity index (χ1v) is 22.2. The molecule has 2 saturated carbocycles. The van der Waals surface area contributed by atoms with E-state index in [1.54, 1.807) is 97.0 Å². The van der Waals surface area contributed by atoms with Crippen LogP contribution in [0, 0.1) is 16.7 Å². The van der Waals surface area contributed by atoms with Gasteiger partial charge in [0.05, 0.1) is 29.6 Å². The van der Waals surface area contributed by atoms with E-state index in [-0.39, 0.29) is 35.3 Å². The summed E-state index contributed by atoms with van der Waals surface area (Å²) in [5.41, 5.74) is -7.57. The molecule has 1 amide bonds. The van der Waals surface area contributed by atoms with Crippen molar-refractivity contribution in [3.8, 4) is 0 Å². The second kappa shape index (κ2) is 19.7. The van der Waals surface area contributed by atoms with Crippen molar-refractivity contribution >= 4 is 41.7 Å². The molecule has 2 bridgehead atoms. The van der Waals surface area contributed by atoms with Crippen LogP contribution < -0.4 is 5.32 Å². The molecular weight excluding hydrogens is 891 g/mol. The highest BCUT2D eigenvalue weighted by molar-refractivity contribution is 5.94. The monoisotopic (exact) mass is 951 g/mol. The van der Waals surface area contributed by atoms with Crippen LogP contribution in [0.4, 0.5) is 4.79 Å². The van der Waals surface area contributed by atoms with Gasteiger partial charge in [0.1, 0.15) is 54.9 Å². The molecule has 3 aliphatic carbocycles. The number of carboxylic acids is 1. The second-order valence-corrected chi connectivity index (χ2v) is 19.3. The van der Waals surface area contributed by atoms with E-state index in [2.05, 4.69) is 5.32 Å². The molecule has 0 aromatic heterocycles. The third-order valence-corrected chi connectivity index (χ3v) is 13.7. The van der Waals surface area contributed by atoms with Gasteiger partial charge >= 0.3 is 35.9 Å². The molecular formula is C49H61NO18. The van der Waals surface area contributed by atoms with Crippen molar-refractivity contribution in [2.45, 2.75) is 128 Å². The lowest BCUT2D eigenvalue weighted by molar-refractivity contribution is -0.347. The van der Waals surface area contributed by atoms with Crippen LogP contribution in [0.5, 0.6) is 0 Å². The number of hydrogen-bond donors (Lipinski definition) is 3. The molecule has 2 aromatic rings. The van der Waals surface area contributed by atoms with Crippen LogP contribution in [0.3, 0.4) is 0 Å². The molecule has 0 unspecified atom stereocenters. The van der Waals surface area contributed by atoms with Crippen LogP contribution in [0.15, 0.2) is 71.8 Å². The number of ketones is 1. The van der Waals surface area contributed by atoms with E-state index >= 15 is 4.79 Å². The van der Waals surface area contributed by atoms with Gasteiger partial charge in [0.15, 0.2) is 11.4 Å². The lowest BCUT2D eigenvalue weighted by Crippen LogP contribution is -2.82. The van der Waals surface area contributed by atoms with Gasteiger partial charge in [-0.2, -0.15) is 0 Å². The summed E-state index contributed by atoms with van der Waals surface area (Å²) < 4.78 is 53.4. The topological polar surface area (TPSA) is 255 Å². The Balaban J connectivity index is 1.55. The number of Topliss-reactive ketones (excluding diaryl/α,β-unsaturated/α-hetero) is 1. The average molecular weight is 952 g/mol. The maximum absolute atomic E-state index is 15.7. The molecule has 0 spiro atoms. The van der Waals surface area contributed by atoms with Gasteiger partial charge in [-0.25, -0.2) is 24.0 Å². The summed E-state index contributed by atoms with van der Waals surface area (Å²) in [6.07, 6.45) is -10.1. The Labute approximate surface area is 394 Å². The highest BCUT2D eigenvalue weighted by Gasteiger charge is 2.78. The molecule has 1 heterocycles. The Morgan fingerprint density at radius 3 is 2.09 bits per heavy atom. The van der Waals surface area contributed by atoms with Crippen LogP contribution in [0.2, 0.25) is 0 Å². The smallest absolute Gasteiger partial charge is 0.408 e. The van der Waals surface area contributed by atoms with Crippen LogP contribution >= 0.6 is 0 Å². The molecule has 3 N–H and O–H groups in total. The maximum Gasteiger partial charge on any atom is 0.408 e. The molecule has 19 nitrogen and oxygen atoms in total. The quantitative estimate of drug-likeness (QED) is 0.128. The van der Waals surface area contributed by atoms with Crippen LogP contribution in [0.1, 0.15) is 90.2 Å². The molecule has 2 aromatic carbocycles. The lowest BCUT2D eigenvalue weighted by atomic mass is 9.44. The van der Waals surface area contributed by atoms with E-state index in [9.17, 15) is 33.9 Å². The summed E-state index contributed by atoms with van der Waals surface area (Å²) in [4.78, 5) is 96.3. The number of carbonyl (C=O) groups excluding carboxylic acids is 6. The van der Waals surface area contributed by atoms with E-state index < -0.39 is 138 Å². The maximum atomic E-state index is 15.7. The van der Waals surface area contributed by atoms with Gasteiger partial charge < -0.3 is 58.2 Å². The first-order valence-electron chi connectivity index (χ1n) is 22.2. The van der Waals surface area contributed by atoms with Crippen molar-refractivity contribution in [2.75, 3.05) is 34.0 Å². The SMILES string of the molecule is CO[C@H]1C(=O)[C@]2(C)[C@@H](OC)C[C@H]3OC[C@@]3(OC(C)=O)[C@H]2[C@H](OC(=O)c2ccccc2)[C@]2(O)C[C@H](OC(=O)[C@H](OC(=O)COCC(=O)O)[C@@H](NC(=O)OC(C)(C)C)c3ccccc3)C(C)=C1C2(C)C. The van der Waals surface area contributed by atoms with Gasteiger partial charge in [0, 0.05) is 39.4 Å². The highest BCUT2D eigenvalue weighted by atomic mass is 16.6. The second-order valence-electron chi connectivity index (χ2n) is 19.3. The summed E-state index contributed by atoms with van der Waals surface area (Å²) in [5.74, 6) is -7.47. The van der Waals surface area contributed by atoms with Crippen molar-refractivity contribution < 1.29 is 86.4 Å². The number of aliphatic carboxylic acids is 1. The highest BCUT2D eigenvalue weighted by Crippen LogP contribution is 2.65. The number of amides is 1. The van der Waals surface area contributed by atoms with Gasteiger partial charge in [-0.3, -0.25) is 9.59 Å². The zero-order chi connectivity index (χ0) is 50.1. The normalized spacial score (nSPS) is 30.3. The van der Waals surface area contributed by atoms with E-state index in [1.807, 2.05) is 0 Å². The molecule has 1 aliphatic heterocycles. The molecule has 370 valence electrons.